The molecule has 1 saturated heterocycles. The molecule has 5 heteroatoms. The summed E-state index contributed by atoms with van der Waals surface area (Å²) in [5.41, 5.74) is 5.27. The van der Waals surface area contributed by atoms with Gasteiger partial charge in [-0.1, -0.05) is 19.3 Å². The molecule has 1 aliphatic heterocycles. The second-order valence-corrected chi connectivity index (χ2v) is 5.13. The number of β-amino-alcohol motifs (C(OH)–C–C–N with tert-alkyl or cyclic N) is 1. The second-order valence-electron chi connectivity index (χ2n) is 5.13. The predicted molar refractivity (Wildman–Crippen MR) is 61.9 cm³/mol. The van der Waals surface area contributed by atoms with Crippen LogP contribution in [0.3, 0.4) is 0 Å². The highest BCUT2D eigenvalue weighted by Crippen LogP contribution is 2.28. The Kier molecular flexibility index (Phi) is 3.66. The number of nitrogens with zero attached hydrogens (tertiary/aromatic N) is 1. The molecule has 2 amide bonds. The number of hydrogen-bond donors (Lipinski definition) is 2. The molecule has 0 bridgehead atoms. The van der Waals surface area contributed by atoms with Crippen molar-refractivity contribution in [2.75, 3.05) is 6.54 Å². The topological polar surface area (TPSA) is 83.6 Å². The lowest BCUT2D eigenvalue weighted by atomic mass is 9.88. The average Bonchev–Trinajstić information content (AvgIpc) is 2.72. The van der Waals surface area contributed by atoms with E-state index in [-0.39, 0.29) is 24.8 Å². The van der Waals surface area contributed by atoms with Crippen LogP contribution in [0.4, 0.5) is 0 Å². The average molecular weight is 240 g/mol. The van der Waals surface area contributed by atoms with Gasteiger partial charge in [-0.25, -0.2) is 0 Å². The summed E-state index contributed by atoms with van der Waals surface area (Å²) in [6.07, 6.45) is 4.81. The summed E-state index contributed by atoms with van der Waals surface area (Å²) < 4.78 is 0. The first-order valence-corrected chi connectivity index (χ1v) is 6.37. The zero-order chi connectivity index (χ0) is 12.4. The second kappa shape index (κ2) is 5.04. The van der Waals surface area contributed by atoms with Gasteiger partial charge in [-0.2, -0.15) is 0 Å². The number of aliphatic hydroxyl groups excluding tert-OH is 1. The number of aliphatic hydroxyl groups is 1. The van der Waals surface area contributed by atoms with E-state index in [1.807, 2.05) is 0 Å². The molecule has 2 fully saturated rings. The SMILES string of the molecule is NC(=O)C1CC(O)CN1C(=O)C1CCCCC1. The lowest BCUT2D eigenvalue weighted by Gasteiger charge is -2.29. The van der Waals surface area contributed by atoms with Gasteiger partial charge >= 0.3 is 0 Å². The highest BCUT2D eigenvalue weighted by Gasteiger charge is 2.40. The quantitative estimate of drug-likeness (QED) is 0.713. The minimum Gasteiger partial charge on any atom is -0.391 e. The third kappa shape index (κ3) is 2.60. The molecule has 2 aliphatic rings. The van der Waals surface area contributed by atoms with Crippen molar-refractivity contribution in [2.24, 2.45) is 11.7 Å². The van der Waals surface area contributed by atoms with Crippen LogP contribution in [0.5, 0.6) is 0 Å². The van der Waals surface area contributed by atoms with Gasteiger partial charge in [0, 0.05) is 18.9 Å². The molecule has 2 atom stereocenters. The molecule has 0 aromatic rings. The summed E-state index contributed by atoms with van der Waals surface area (Å²) in [6, 6.07) is -0.612. The number of carbonyl (C=O) groups excluding carboxylic acids is 2. The first-order chi connectivity index (χ1) is 8.09. The molecule has 0 aromatic heterocycles. The van der Waals surface area contributed by atoms with Crippen LogP contribution in [0.15, 0.2) is 0 Å². The zero-order valence-corrected chi connectivity index (χ0v) is 9.97. The highest BCUT2D eigenvalue weighted by atomic mass is 16.3. The van der Waals surface area contributed by atoms with Crippen LogP contribution in [0.1, 0.15) is 38.5 Å². The van der Waals surface area contributed by atoms with Crippen LogP contribution in [-0.2, 0) is 9.59 Å². The van der Waals surface area contributed by atoms with E-state index < -0.39 is 18.1 Å². The Balaban J connectivity index is 2.04. The maximum atomic E-state index is 12.3. The Morgan fingerprint density at radius 3 is 2.41 bits per heavy atom. The van der Waals surface area contributed by atoms with Crippen molar-refractivity contribution >= 4 is 11.8 Å². The number of carbonyl (C=O) groups is 2. The summed E-state index contributed by atoms with van der Waals surface area (Å²) in [7, 11) is 0. The van der Waals surface area contributed by atoms with E-state index in [0.29, 0.717) is 0 Å². The van der Waals surface area contributed by atoms with Gasteiger partial charge in [-0.3, -0.25) is 9.59 Å². The van der Waals surface area contributed by atoms with Crippen LogP contribution in [0.2, 0.25) is 0 Å². The molecule has 2 unspecified atom stereocenters. The molecule has 0 spiro atoms. The lowest BCUT2D eigenvalue weighted by Crippen LogP contribution is -2.46. The number of primary amides is 1. The van der Waals surface area contributed by atoms with E-state index in [2.05, 4.69) is 0 Å². The largest absolute Gasteiger partial charge is 0.391 e. The minimum atomic E-state index is -0.612. The number of likely N-dealkylation sites (tertiary alicyclic amines) is 1. The fourth-order valence-corrected chi connectivity index (χ4v) is 2.91. The molecule has 1 saturated carbocycles. The standard InChI is InChI=1S/C12H20N2O3/c13-11(16)10-6-9(15)7-14(10)12(17)8-4-2-1-3-5-8/h8-10,15H,1-7H2,(H2,13,16). The minimum absolute atomic E-state index is 0.00468. The number of amides is 2. The van der Waals surface area contributed by atoms with E-state index in [1.165, 1.54) is 11.3 Å². The summed E-state index contributed by atoms with van der Waals surface area (Å²) in [5.74, 6) is -0.480. The van der Waals surface area contributed by atoms with E-state index in [0.717, 1.165) is 25.7 Å². The molecule has 2 rings (SSSR count). The van der Waals surface area contributed by atoms with Crippen LogP contribution in [0, 0.1) is 5.92 Å². The first kappa shape index (κ1) is 12.4. The lowest BCUT2D eigenvalue weighted by molar-refractivity contribution is -0.141. The Bertz CT molecular complexity index is 313. The van der Waals surface area contributed by atoms with Crippen LogP contribution in [-0.4, -0.2) is 40.5 Å². The fraction of sp³-hybridized carbons (Fsp3) is 0.833. The molecular weight excluding hydrogens is 220 g/mol. The first-order valence-electron chi connectivity index (χ1n) is 6.37. The highest BCUT2D eigenvalue weighted by molar-refractivity contribution is 5.88. The van der Waals surface area contributed by atoms with Crippen molar-refractivity contribution in [1.82, 2.24) is 4.90 Å². The van der Waals surface area contributed by atoms with Gasteiger partial charge in [0.25, 0.3) is 0 Å². The Morgan fingerprint density at radius 2 is 1.82 bits per heavy atom. The number of hydrogen-bond acceptors (Lipinski definition) is 3. The molecular formula is C12H20N2O3. The third-order valence-electron chi connectivity index (χ3n) is 3.84. The number of nitrogens with two attached hydrogens (primary N) is 1. The molecule has 1 aliphatic carbocycles. The molecule has 5 nitrogen and oxygen atoms in total. The predicted octanol–water partition coefficient (Wildman–Crippen LogP) is 0.0138. The van der Waals surface area contributed by atoms with Crippen molar-refractivity contribution in [3.8, 4) is 0 Å². The van der Waals surface area contributed by atoms with Crippen molar-refractivity contribution in [3.05, 3.63) is 0 Å². The molecule has 0 aromatic carbocycles. The molecule has 96 valence electrons. The molecule has 17 heavy (non-hydrogen) atoms. The van der Waals surface area contributed by atoms with Crippen molar-refractivity contribution in [3.63, 3.8) is 0 Å². The van der Waals surface area contributed by atoms with E-state index >= 15 is 0 Å². The maximum absolute atomic E-state index is 12.3. The van der Waals surface area contributed by atoms with Gasteiger partial charge in [0.05, 0.1) is 6.10 Å². The van der Waals surface area contributed by atoms with Crippen molar-refractivity contribution in [1.29, 1.82) is 0 Å². The Labute approximate surface area is 101 Å². The number of rotatable bonds is 2. The summed E-state index contributed by atoms with van der Waals surface area (Å²) >= 11 is 0. The molecule has 3 N–H and O–H groups in total. The Hall–Kier alpha value is -1.10. The van der Waals surface area contributed by atoms with Gasteiger partial charge in [0.15, 0.2) is 0 Å². The van der Waals surface area contributed by atoms with Crippen molar-refractivity contribution < 1.29 is 14.7 Å². The smallest absolute Gasteiger partial charge is 0.240 e. The van der Waals surface area contributed by atoms with E-state index in [1.54, 1.807) is 0 Å². The monoisotopic (exact) mass is 240 g/mol. The van der Waals surface area contributed by atoms with E-state index in [4.69, 9.17) is 5.73 Å². The van der Waals surface area contributed by atoms with E-state index in [9.17, 15) is 14.7 Å². The summed E-state index contributed by atoms with van der Waals surface area (Å²) in [6.45, 7) is 0.253. The fourth-order valence-electron chi connectivity index (χ4n) is 2.91. The summed E-state index contributed by atoms with van der Waals surface area (Å²) in [5, 5.41) is 9.56. The van der Waals surface area contributed by atoms with Gasteiger partial charge in [0.1, 0.15) is 6.04 Å². The summed E-state index contributed by atoms with van der Waals surface area (Å²) in [4.78, 5) is 25.0. The third-order valence-corrected chi connectivity index (χ3v) is 3.84. The molecule has 0 radical (unpaired) electrons. The molecule has 1 heterocycles. The van der Waals surface area contributed by atoms with Crippen LogP contribution >= 0.6 is 0 Å². The Morgan fingerprint density at radius 1 is 1.18 bits per heavy atom. The maximum Gasteiger partial charge on any atom is 0.240 e. The van der Waals surface area contributed by atoms with Gasteiger partial charge in [0.2, 0.25) is 11.8 Å². The van der Waals surface area contributed by atoms with Crippen LogP contribution in [0.25, 0.3) is 0 Å². The van der Waals surface area contributed by atoms with Gasteiger partial charge in [-0.05, 0) is 12.8 Å². The van der Waals surface area contributed by atoms with Gasteiger partial charge < -0.3 is 15.7 Å². The normalized spacial score (nSPS) is 30.5. The van der Waals surface area contributed by atoms with Crippen LogP contribution < -0.4 is 5.73 Å². The van der Waals surface area contributed by atoms with Crippen molar-refractivity contribution in [2.45, 2.75) is 50.7 Å². The van der Waals surface area contributed by atoms with Gasteiger partial charge in [-0.15, -0.1) is 0 Å². The zero-order valence-electron chi connectivity index (χ0n) is 9.97.